The molecule has 8 rings (SSSR count). The number of rotatable bonds is 5. The van der Waals surface area contributed by atoms with Crippen LogP contribution in [0.2, 0.25) is 5.15 Å². The Morgan fingerprint density at radius 2 is 1.25 bits per heavy atom. The molecule has 0 spiro atoms. The lowest BCUT2D eigenvalue weighted by Gasteiger charge is -2.12. The lowest BCUT2D eigenvalue weighted by molar-refractivity contribution is 1.11. The molecule has 44 heavy (non-hydrogen) atoms. The minimum absolute atomic E-state index is 0.422. The van der Waals surface area contributed by atoms with E-state index in [1.807, 2.05) is 48.9 Å². The Hall–Kier alpha value is -5.65. The molecular weight excluding hydrogens is 562 g/mol. The van der Waals surface area contributed by atoms with Gasteiger partial charge in [-0.25, -0.2) is 15.0 Å². The fourth-order valence-corrected chi connectivity index (χ4v) is 5.92. The van der Waals surface area contributed by atoms with Crippen LogP contribution in [0.1, 0.15) is 0 Å². The number of pyridine rings is 4. The zero-order valence-electron chi connectivity index (χ0n) is 23.5. The van der Waals surface area contributed by atoms with Gasteiger partial charge in [0.15, 0.2) is 0 Å². The number of para-hydroxylation sites is 1. The molecule has 5 heterocycles. The molecule has 0 amide bonds. The number of halogens is 1. The van der Waals surface area contributed by atoms with Crippen molar-refractivity contribution in [2.75, 3.05) is 0 Å². The second-order valence-electron chi connectivity index (χ2n) is 10.6. The van der Waals surface area contributed by atoms with Crippen LogP contribution in [-0.4, -0.2) is 24.5 Å². The van der Waals surface area contributed by atoms with Crippen molar-refractivity contribution < 1.29 is 0 Å². The van der Waals surface area contributed by atoms with Crippen LogP contribution in [0.5, 0.6) is 0 Å². The van der Waals surface area contributed by atoms with E-state index in [1.165, 1.54) is 5.56 Å². The van der Waals surface area contributed by atoms with Gasteiger partial charge in [-0.2, -0.15) is 0 Å². The number of nitrogens with zero attached hydrogens (tertiary/aromatic N) is 5. The first-order valence-corrected chi connectivity index (χ1v) is 14.7. The molecular formula is C38H24ClN5. The van der Waals surface area contributed by atoms with E-state index in [9.17, 15) is 0 Å². The molecule has 0 bridgehead atoms. The maximum atomic E-state index is 6.30. The maximum Gasteiger partial charge on any atom is 0.145 e. The molecule has 5 nitrogen and oxygen atoms in total. The first-order chi connectivity index (χ1) is 21.7. The number of benzene rings is 3. The highest BCUT2D eigenvalue weighted by Gasteiger charge is 2.15. The van der Waals surface area contributed by atoms with E-state index in [1.54, 1.807) is 6.07 Å². The standard InChI is InChI=1S/C38H24ClN5/c39-37-14-6-12-33(43-37)35-22-28(21-34(42-35)27-17-15-26(16-18-27)25-8-2-1-3-9-25)29-20-30(24-40-23-29)44-36-13-5-4-10-31(36)32-11-7-19-41-38(32)44/h1-24H. The van der Waals surface area contributed by atoms with Gasteiger partial charge in [-0.1, -0.05) is 90.5 Å². The van der Waals surface area contributed by atoms with Crippen molar-refractivity contribution in [2.24, 2.45) is 0 Å². The average molecular weight is 586 g/mol. The minimum Gasteiger partial charge on any atom is -0.292 e. The Morgan fingerprint density at radius 1 is 0.500 bits per heavy atom. The monoisotopic (exact) mass is 585 g/mol. The van der Waals surface area contributed by atoms with Crippen molar-refractivity contribution in [3.8, 4) is 50.6 Å². The van der Waals surface area contributed by atoms with Crippen molar-refractivity contribution in [1.82, 2.24) is 24.5 Å². The second-order valence-corrected chi connectivity index (χ2v) is 11.0. The third-order valence-electron chi connectivity index (χ3n) is 7.84. The van der Waals surface area contributed by atoms with Crippen molar-refractivity contribution in [3.05, 3.63) is 151 Å². The Bertz CT molecular complexity index is 2240. The highest BCUT2D eigenvalue weighted by atomic mass is 35.5. The predicted molar refractivity (Wildman–Crippen MR) is 179 cm³/mol. The molecule has 208 valence electrons. The van der Waals surface area contributed by atoms with Crippen LogP contribution in [0.3, 0.4) is 0 Å². The summed E-state index contributed by atoms with van der Waals surface area (Å²) in [4.78, 5) is 19.0. The Kier molecular flexibility index (Phi) is 6.43. The summed E-state index contributed by atoms with van der Waals surface area (Å²) in [6.07, 6.45) is 5.60. The fraction of sp³-hybridized carbons (Fsp3) is 0. The van der Waals surface area contributed by atoms with Gasteiger partial charge in [0.2, 0.25) is 0 Å². The predicted octanol–water partition coefficient (Wildman–Crippen LogP) is 9.69. The fourth-order valence-electron chi connectivity index (χ4n) is 5.76. The quantitative estimate of drug-likeness (QED) is 0.189. The number of fused-ring (bicyclic) bond motifs is 3. The molecule has 3 aromatic carbocycles. The largest absolute Gasteiger partial charge is 0.292 e. The zero-order chi connectivity index (χ0) is 29.5. The van der Waals surface area contributed by atoms with Gasteiger partial charge in [0.25, 0.3) is 0 Å². The van der Waals surface area contributed by atoms with Gasteiger partial charge in [0.05, 0.1) is 34.5 Å². The van der Waals surface area contributed by atoms with Gasteiger partial charge < -0.3 is 0 Å². The lowest BCUT2D eigenvalue weighted by Crippen LogP contribution is -1.98. The van der Waals surface area contributed by atoms with Crippen molar-refractivity contribution in [1.29, 1.82) is 0 Å². The summed E-state index contributed by atoms with van der Waals surface area (Å²) in [6.45, 7) is 0. The first-order valence-electron chi connectivity index (χ1n) is 14.3. The van der Waals surface area contributed by atoms with Crippen molar-refractivity contribution in [3.63, 3.8) is 0 Å². The smallest absolute Gasteiger partial charge is 0.145 e. The topological polar surface area (TPSA) is 56.5 Å². The van der Waals surface area contributed by atoms with Gasteiger partial charge in [-0.05, 0) is 65.2 Å². The van der Waals surface area contributed by atoms with Crippen molar-refractivity contribution in [2.45, 2.75) is 0 Å². The third kappa shape index (κ3) is 4.70. The molecule has 0 fully saturated rings. The summed E-state index contributed by atoms with van der Waals surface area (Å²) in [7, 11) is 0. The van der Waals surface area contributed by atoms with Crippen molar-refractivity contribution >= 4 is 33.5 Å². The lowest BCUT2D eigenvalue weighted by atomic mass is 10.00. The molecule has 0 aliphatic carbocycles. The Labute approximate surface area is 259 Å². The highest BCUT2D eigenvalue weighted by molar-refractivity contribution is 6.29. The van der Waals surface area contributed by atoms with Crippen LogP contribution >= 0.6 is 11.6 Å². The summed E-state index contributed by atoms with van der Waals surface area (Å²) >= 11 is 6.30. The summed E-state index contributed by atoms with van der Waals surface area (Å²) in [6, 6.07) is 43.2. The molecule has 6 heteroatoms. The van der Waals surface area contributed by atoms with Crippen LogP contribution in [0, 0.1) is 0 Å². The SMILES string of the molecule is Clc1cccc(-c2cc(-c3cncc(-n4c5ccccc5c5cccnc54)c3)cc(-c3ccc(-c4ccccc4)cc3)n2)n1. The van der Waals surface area contributed by atoms with Gasteiger partial charge in [-0.15, -0.1) is 0 Å². The van der Waals surface area contributed by atoms with Gasteiger partial charge in [0, 0.05) is 34.3 Å². The number of hydrogen-bond acceptors (Lipinski definition) is 4. The highest BCUT2D eigenvalue weighted by Crippen LogP contribution is 2.34. The summed E-state index contributed by atoms with van der Waals surface area (Å²) < 4.78 is 2.17. The van der Waals surface area contributed by atoms with E-state index < -0.39 is 0 Å². The molecule has 5 aromatic heterocycles. The summed E-state index contributed by atoms with van der Waals surface area (Å²) in [5, 5.41) is 2.68. The molecule has 0 N–H and O–H groups in total. The van der Waals surface area contributed by atoms with E-state index in [0.717, 1.165) is 61.3 Å². The molecule has 0 aliphatic heterocycles. The van der Waals surface area contributed by atoms with Crippen LogP contribution in [0.15, 0.2) is 146 Å². The van der Waals surface area contributed by atoms with E-state index >= 15 is 0 Å². The normalized spacial score (nSPS) is 11.3. The molecule has 0 saturated heterocycles. The number of aromatic nitrogens is 5. The molecule has 0 unspecified atom stereocenters. The van der Waals surface area contributed by atoms with E-state index in [-0.39, 0.29) is 0 Å². The molecule has 0 aliphatic rings. The maximum absolute atomic E-state index is 6.30. The van der Waals surface area contributed by atoms with Gasteiger partial charge in [0.1, 0.15) is 10.8 Å². The van der Waals surface area contributed by atoms with Gasteiger partial charge in [-0.3, -0.25) is 9.55 Å². The summed E-state index contributed by atoms with van der Waals surface area (Å²) in [5.41, 5.74) is 10.4. The molecule has 8 aromatic rings. The first kappa shape index (κ1) is 26.0. The van der Waals surface area contributed by atoms with Crippen LogP contribution < -0.4 is 0 Å². The molecule has 0 atom stereocenters. The molecule has 0 saturated carbocycles. The average Bonchev–Trinajstić information content (AvgIpc) is 3.43. The Morgan fingerprint density at radius 3 is 2.11 bits per heavy atom. The van der Waals surface area contributed by atoms with Crippen LogP contribution in [-0.2, 0) is 0 Å². The third-order valence-corrected chi connectivity index (χ3v) is 8.05. The van der Waals surface area contributed by atoms with Gasteiger partial charge >= 0.3 is 0 Å². The second kappa shape index (κ2) is 10.9. The Balaban J connectivity index is 1.28. The van der Waals surface area contributed by atoms with E-state index in [0.29, 0.717) is 10.8 Å². The van der Waals surface area contributed by atoms with Crippen LogP contribution in [0.4, 0.5) is 0 Å². The van der Waals surface area contributed by atoms with E-state index in [2.05, 4.69) is 106 Å². The van der Waals surface area contributed by atoms with E-state index in [4.69, 9.17) is 21.6 Å². The zero-order valence-corrected chi connectivity index (χ0v) is 24.2. The molecule has 0 radical (unpaired) electrons. The van der Waals surface area contributed by atoms with Crippen LogP contribution in [0.25, 0.3) is 72.5 Å². The summed E-state index contributed by atoms with van der Waals surface area (Å²) in [5.74, 6) is 0. The number of hydrogen-bond donors (Lipinski definition) is 0. The minimum atomic E-state index is 0.422.